The van der Waals surface area contributed by atoms with Gasteiger partial charge in [-0.05, 0) is 67.7 Å². The maximum absolute atomic E-state index is 6.67. The van der Waals surface area contributed by atoms with Crippen molar-refractivity contribution in [3.8, 4) is 0 Å². The monoisotopic (exact) mass is 384 g/mol. The third kappa shape index (κ3) is 2.52. The minimum atomic E-state index is 0.134. The van der Waals surface area contributed by atoms with Gasteiger partial charge >= 0.3 is 0 Å². The molecule has 0 amide bonds. The van der Waals surface area contributed by atoms with Crippen molar-refractivity contribution in [2.24, 2.45) is 11.3 Å². The Morgan fingerprint density at radius 2 is 2.19 bits per heavy atom. The fourth-order valence-electron chi connectivity index (χ4n) is 2.65. The highest BCUT2D eigenvalue weighted by molar-refractivity contribution is 9.12. The Morgan fingerprint density at radius 1 is 1.50 bits per heavy atom. The summed E-state index contributed by atoms with van der Waals surface area (Å²) in [7, 11) is 0. The summed E-state index contributed by atoms with van der Waals surface area (Å²) in [5, 5.41) is 0.134. The first kappa shape index (κ1) is 13.4. The summed E-state index contributed by atoms with van der Waals surface area (Å²) < 4.78 is 2.32. The lowest BCUT2D eigenvalue weighted by atomic mass is 9.78. The molecule has 2 unspecified atom stereocenters. The second kappa shape index (κ2) is 4.91. The Labute approximate surface area is 123 Å². The number of hydrogen-bond acceptors (Lipinski definition) is 1. The fourth-order valence-corrected chi connectivity index (χ4v) is 6.42. The SMILES string of the molecule is CC1(C)CCCC1C(Cl)c1cc(Br)sc1Br. The lowest BCUT2D eigenvalue weighted by Gasteiger charge is -2.30. The molecule has 2 rings (SSSR count). The zero-order chi connectivity index (χ0) is 11.9. The highest BCUT2D eigenvalue weighted by atomic mass is 79.9. The van der Waals surface area contributed by atoms with Crippen LogP contribution in [0.15, 0.2) is 13.6 Å². The average Bonchev–Trinajstić information content (AvgIpc) is 2.68. The number of rotatable bonds is 2. The van der Waals surface area contributed by atoms with Gasteiger partial charge in [0.15, 0.2) is 0 Å². The predicted octanol–water partition coefficient (Wildman–Crippen LogP) is 6.38. The van der Waals surface area contributed by atoms with Crippen LogP contribution in [-0.4, -0.2) is 0 Å². The summed E-state index contributed by atoms with van der Waals surface area (Å²) in [5.41, 5.74) is 1.62. The molecule has 16 heavy (non-hydrogen) atoms. The number of halogens is 3. The molecule has 0 aromatic carbocycles. The van der Waals surface area contributed by atoms with Gasteiger partial charge in [0, 0.05) is 0 Å². The van der Waals surface area contributed by atoms with Gasteiger partial charge in [0.1, 0.15) is 0 Å². The molecule has 0 saturated heterocycles. The lowest BCUT2D eigenvalue weighted by molar-refractivity contribution is 0.252. The first-order valence-electron chi connectivity index (χ1n) is 5.50. The van der Waals surface area contributed by atoms with Crippen LogP contribution < -0.4 is 0 Å². The maximum Gasteiger partial charge on any atom is 0.0757 e. The maximum atomic E-state index is 6.67. The van der Waals surface area contributed by atoms with E-state index in [1.165, 1.54) is 28.6 Å². The van der Waals surface area contributed by atoms with Crippen LogP contribution in [0.25, 0.3) is 0 Å². The van der Waals surface area contributed by atoms with E-state index in [-0.39, 0.29) is 5.38 Å². The topological polar surface area (TPSA) is 0 Å². The van der Waals surface area contributed by atoms with E-state index in [1.807, 2.05) is 0 Å². The Balaban J connectivity index is 2.25. The van der Waals surface area contributed by atoms with Crippen molar-refractivity contribution in [3.63, 3.8) is 0 Å². The molecule has 1 saturated carbocycles. The van der Waals surface area contributed by atoms with Crippen LogP contribution in [0.4, 0.5) is 0 Å². The summed E-state index contributed by atoms with van der Waals surface area (Å²) in [5.74, 6) is 0.590. The molecular formula is C12H15Br2ClS. The van der Waals surface area contributed by atoms with E-state index >= 15 is 0 Å². The molecule has 90 valence electrons. The van der Waals surface area contributed by atoms with Gasteiger partial charge in [0.2, 0.25) is 0 Å². The van der Waals surface area contributed by atoms with Crippen LogP contribution in [0.3, 0.4) is 0 Å². The van der Waals surface area contributed by atoms with E-state index < -0.39 is 0 Å². The molecule has 2 atom stereocenters. The highest BCUT2D eigenvalue weighted by Crippen LogP contribution is 2.53. The highest BCUT2D eigenvalue weighted by Gasteiger charge is 2.40. The van der Waals surface area contributed by atoms with Crippen LogP contribution in [0.2, 0.25) is 0 Å². The van der Waals surface area contributed by atoms with Crippen LogP contribution in [0, 0.1) is 11.3 Å². The molecule has 1 aliphatic rings. The van der Waals surface area contributed by atoms with E-state index in [0.29, 0.717) is 11.3 Å². The second-order valence-corrected chi connectivity index (χ2v) is 9.39. The second-order valence-electron chi connectivity index (χ2n) is 5.17. The van der Waals surface area contributed by atoms with Gasteiger partial charge in [-0.3, -0.25) is 0 Å². The fraction of sp³-hybridized carbons (Fsp3) is 0.667. The minimum Gasteiger partial charge on any atom is -0.121 e. The van der Waals surface area contributed by atoms with Gasteiger partial charge in [-0.1, -0.05) is 20.3 Å². The molecule has 0 N–H and O–H groups in total. The van der Waals surface area contributed by atoms with E-state index in [4.69, 9.17) is 11.6 Å². The standard InChI is InChI=1S/C12H15Br2ClS/c1-12(2)5-3-4-8(12)10(15)7-6-9(13)16-11(7)14/h6,8,10H,3-5H2,1-2H3. The van der Waals surface area contributed by atoms with Crippen molar-refractivity contribution < 1.29 is 0 Å². The van der Waals surface area contributed by atoms with Gasteiger partial charge in [0.25, 0.3) is 0 Å². The average molecular weight is 387 g/mol. The molecule has 4 heteroatoms. The molecule has 1 heterocycles. The summed E-state index contributed by atoms with van der Waals surface area (Å²) >= 11 is 15.5. The minimum absolute atomic E-state index is 0.134. The van der Waals surface area contributed by atoms with E-state index in [2.05, 4.69) is 51.8 Å². The van der Waals surface area contributed by atoms with Gasteiger partial charge in [0.05, 0.1) is 12.9 Å². The quantitative estimate of drug-likeness (QED) is 0.517. The molecule has 0 aliphatic heterocycles. The van der Waals surface area contributed by atoms with Crippen LogP contribution in [0.1, 0.15) is 44.1 Å². The molecule has 0 nitrogen and oxygen atoms in total. The van der Waals surface area contributed by atoms with Crippen molar-refractivity contribution in [3.05, 3.63) is 19.2 Å². The van der Waals surface area contributed by atoms with Crippen molar-refractivity contribution >= 4 is 54.8 Å². The van der Waals surface area contributed by atoms with Gasteiger partial charge in [-0.2, -0.15) is 0 Å². The Bertz CT molecular complexity index is 386. The van der Waals surface area contributed by atoms with Crippen LogP contribution in [-0.2, 0) is 0 Å². The number of alkyl halides is 1. The smallest absolute Gasteiger partial charge is 0.0757 e. The van der Waals surface area contributed by atoms with Crippen LogP contribution >= 0.6 is 54.8 Å². The first-order chi connectivity index (χ1) is 7.42. The molecule has 1 aromatic heterocycles. The zero-order valence-electron chi connectivity index (χ0n) is 9.40. The summed E-state index contributed by atoms with van der Waals surface area (Å²) in [4.78, 5) is 0. The van der Waals surface area contributed by atoms with Gasteiger partial charge in [-0.15, -0.1) is 22.9 Å². The third-order valence-corrected chi connectivity index (χ3v) is 6.60. The normalized spacial score (nSPS) is 25.9. The molecular weight excluding hydrogens is 371 g/mol. The molecule has 1 fully saturated rings. The molecule has 0 radical (unpaired) electrons. The summed E-state index contributed by atoms with van der Waals surface area (Å²) in [6.07, 6.45) is 3.86. The lowest BCUT2D eigenvalue weighted by Crippen LogP contribution is -2.21. The summed E-state index contributed by atoms with van der Waals surface area (Å²) in [6.45, 7) is 4.69. The summed E-state index contributed by atoms with van der Waals surface area (Å²) in [6, 6.07) is 2.15. The van der Waals surface area contributed by atoms with Gasteiger partial charge in [-0.25, -0.2) is 0 Å². The van der Waals surface area contributed by atoms with E-state index in [0.717, 1.165) is 3.79 Å². The van der Waals surface area contributed by atoms with E-state index in [9.17, 15) is 0 Å². The van der Waals surface area contributed by atoms with Crippen molar-refractivity contribution in [1.82, 2.24) is 0 Å². The van der Waals surface area contributed by atoms with Crippen molar-refractivity contribution in [1.29, 1.82) is 0 Å². The van der Waals surface area contributed by atoms with Crippen LogP contribution in [0.5, 0.6) is 0 Å². The first-order valence-corrected chi connectivity index (χ1v) is 8.34. The predicted molar refractivity (Wildman–Crippen MR) is 79.4 cm³/mol. The third-order valence-electron chi connectivity index (χ3n) is 3.67. The Morgan fingerprint density at radius 3 is 2.62 bits per heavy atom. The largest absolute Gasteiger partial charge is 0.121 e. The van der Waals surface area contributed by atoms with E-state index in [1.54, 1.807) is 11.3 Å². The zero-order valence-corrected chi connectivity index (χ0v) is 14.1. The van der Waals surface area contributed by atoms with Gasteiger partial charge < -0.3 is 0 Å². The molecule has 0 bridgehead atoms. The van der Waals surface area contributed by atoms with Crippen molar-refractivity contribution in [2.75, 3.05) is 0 Å². The Hall–Kier alpha value is 0.950. The molecule has 1 aliphatic carbocycles. The Kier molecular flexibility index (Phi) is 4.11. The molecule has 0 spiro atoms. The van der Waals surface area contributed by atoms with Crippen molar-refractivity contribution in [2.45, 2.75) is 38.5 Å². The molecule has 1 aromatic rings. The number of thiophene rings is 1. The number of hydrogen-bond donors (Lipinski definition) is 0.